The summed E-state index contributed by atoms with van der Waals surface area (Å²) in [6.07, 6.45) is 2.62. The van der Waals surface area contributed by atoms with Crippen LogP contribution in [0.5, 0.6) is 0 Å². The number of nitrogens with two attached hydrogens (primary N) is 1. The molecule has 1 aromatic carbocycles. The highest BCUT2D eigenvalue weighted by molar-refractivity contribution is 5.97. The number of hydrogen-bond donors (Lipinski definition) is 2. The minimum Gasteiger partial charge on any atom is -0.352 e. The fourth-order valence-electron chi connectivity index (χ4n) is 2.44. The molecule has 0 fully saturated rings. The lowest BCUT2D eigenvalue weighted by Crippen LogP contribution is -2.26. The number of carbonyl (C=O) groups is 2. The van der Waals surface area contributed by atoms with E-state index in [1.165, 1.54) is 0 Å². The van der Waals surface area contributed by atoms with Gasteiger partial charge in [0.05, 0.1) is 0 Å². The Morgan fingerprint density at radius 2 is 2.15 bits per heavy atom. The zero-order valence-electron chi connectivity index (χ0n) is 11.8. The van der Waals surface area contributed by atoms with E-state index in [2.05, 4.69) is 5.32 Å². The van der Waals surface area contributed by atoms with Crippen LogP contribution in [0.1, 0.15) is 35.7 Å². The third-order valence-corrected chi connectivity index (χ3v) is 3.53. The van der Waals surface area contributed by atoms with Gasteiger partial charge < -0.3 is 16.0 Å². The number of rotatable bonds is 5. The molecule has 1 aliphatic heterocycles. The Kier molecular flexibility index (Phi) is 4.74. The minimum absolute atomic E-state index is 0.0442. The van der Waals surface area contributed by atoms with Crippen LogP contribution in [-0.2, 0) is 11.2 Å². The SMILES string of the molecule is CC(=O)N1CCc2cc(C(=O)NCCCCN)ccc21. The van der Waals surface area contributed by atoms with Gasteiger partial charge in [0.25, 0.3) is 5.91 Å². The molecule has 0 aromatic heterocycles. The largest absolute Gasteiger partial charge is 0.352 e. The van der Waals surface area contributed by atoms with Crippen molar-refractivity contribution in [2.75, 3.05) is 24.5 Å². The topological polar surface area (TPSA) is 75.4 Å². The van der Waals surface area contributed by atoms with E-state index < -0.39 is 0 Å². The van der Waals surface area contributed by atoms with Crippen molar-refractivity contribution in [1.29, 1.82) is 0 Å². The van der Waals surface area contributed by atoms with E-state index in [9.17, 15) is 9.59 Å². The van der Waals surface area contributed by atoms with Gasteiger partial charge in [0.15, 0.2) is 0 Å². The molecular formula is C15H21N3O2. The normalized spacial score (nSPS) is 13.2. The highest BCUT2D eigenvalue weighted by Gasteiger charge is 2.22. The molecule has 0 spiro atoms. The molecule has 5 nitrogen and oxygen atoms in total. The fourth-order valence-corrected chi connectivity index (χ4v) is 2.44. The van der Waals surface area contributed by atoms with Gasteiger partial charge in [-0.2, -0.15) is 0 Å². The van der Waals surface area contributed by atoms with Crippen molar-refractivity contribution in [2.24, 2.45) is 5.73 Å². The standard InChI is InChI=1S/C15H21N3O2/c1-11(19)18-9-6-12-10-13(4-5-14(12)18)15(20)17-8-3-2-7-16/h4-5,10H,2-3,6-9,16H2,1H3,(H,17,20). The molecule has 5 heteroatoms. The number of nitrogens with one attached hydrogen (secondary N) is 1. The number of anilines is 1. The quantitative estimate of drug-likeness (QED) is 0.789. The van der Waals surface area contributed by atoms with Gasteiger partial charge in [-0.15, -0.1) is 0 Å². The van der Waals surface area contributed by atoms with Crippen LogP contribution in [0, 0.1) is 0 Å². The second-order valence-corrected chi connectivity index (χ2v) is 5.02. The van der Waals surface area contributed by atoms with Crippen LogP contribution < -0.4 is 16.0 Å². The van der Waals surface area contributed by atoms with Gasteiger partial charge in [0, 0.05) is 31.3 Å². The van der Waals surface area contributed by atoms with E-state index in [1.807, 2.05) is 12.1 Å². The summed E-state index contributed by atoms with van der Waals surface area (Å²) in [5.74, 6) is -0.0196. The molecule has 0 atom stereocenters. The number of nitrogens with zero attached hydrogens (tertiary/aromatic N) is 1. The molecule has 0 saturated heterocycles. The zero-order valence-corrected chi connectivity index (χ0v) is 11.8. The van der Waals surface area contributed by atoms with E-state index in [0.29, 0.717) is 25.2 Å². The second-order valence-electron chi connectivity index (χ2n) is 5.02. The Hall–Kier alpha value is -1.88. The number of amides is 2. The highest BCUT2D eigenvalue weighted by Crippen LogP contribution is 2.28. The number of fused-ring (bicyclic) bond motifs is 1. The Morgan fingerprint density at radius 1 is 1.35 bits per heavy atom. The summed E-state index contributed by atoms with van der Waals surface area (Å²) in [5, 5.41) is 2.88. The van der Waals surface area contributed by atoms with Crippen molar-refractivity contribution in [1.82, 2.24) is 5.32 Å². The molecule has 20 heavy (non-hydrogen) atoms. The molecule has 0 saturated carbocycles. The molecule has 108 valence electrons. The van der Waals surface area contributed by atoms with E-state index >= 15 is 0 Å². The summed E-state index contributed by atoms with van der Waals surface area (Å²) in [4.78, 5) is 25.2. The molecule has 1 aromatic rings. The maximum atomic E-state index is 12.0. The molecule has 0 bridgehead atoms. The second kappa shape index (κ2) is 6.52. The fraction of sp³-hybridized carbons (Fsp3) is 0.467. The van der Waals surface area contributed by atoms with Gasteiger partial charge in [-0.3, -0.25) is 9.59 Å². The van der Waals surface area contributed by atoms with E-state index in [0.717, 1.165) is 30.5 Å². The summed E-state index contributed by atoms with van der Waals surface area (Å²) in [5.41, 5.74) is 8.06. The first-order valence-electron chi connectivity index (χ1n) is 7.03. The maximum Gasteiger partial charge on any atom is 0.251 e. The first-order valence-corrected chi connectivity index (χ1v) is 7.03. The summed E-state index contributed by atoms with van der Waals surface area (Å²) in [7, 11) is 0. The zero-order chi connectivity index (χ0) is 14.5. The molecule has 0 unspecified atom stereocenters. The van der Waals surface area contributed by atoms with Crippen LogP contribution in [-0.4, -0.2) is 31.4 Å². The van der Waals surface area contributed by atoms with Gasteiger partial charge >= 0.3 is 0 Å². The first-order chi connectivity index (χ1) is 9.63. The van der Waals surface area contributed by atoms with Crippen LogP contribution in [0.3, 0.4) is 0 Å². The summed E-state index contributed by atoms with van der Waals surface area (Å²) < 4.78 is 0. The third kappa shape index (κ3) is 3.17. The molecule has 1 aliphatic rings. The summed E-state index contributed by atoms with van der Waals surface area (Å²) >= 11 is 0. The van der Waals surface area contributed by atoms with Crippen molar-refractivity contribution in [3.05, 3.63) is 29.3 Å². The van der Waals surface area contributed by atoms with Crippen LogP contribution in [0.15, 0.2) is 18.2 Å². The average Bonchev–Trinajstić information content (AvgIpc) is 2.86. The molecule has 3 N–H and O–H groups in total. The third-order valence-electron chi connectivity index (χ3n) is 3.53. The molecule has 1 heterocycles. The number of benzene rings is 1. The van der Waals surface area contributed by atoms with E-state index in [4.69, 9.17) is 5.73 Å². The van der Waals surface area contributed by atoms with E-state index in [1.54, 1.807) is 17.9 Å². The lowest BCUT2D eigenvalue weighted by Gasteiger charge is -2.14. The van der Waals surface area contributed by atoms with Gasteiger partial charge in [-0.25, -0.2) is 0 Å². The summed E-state index contributed by atoms with van der Waals surface area (Å²) in [6, 6.07) is 5.52. The Morgan fingerprint density at radius 3 is 2.85 bits per heavy atom. The predicted molar refractivity (Wildman–Crippen MR) is 78.8 cm³/mol. The van der Waals surface area contributed by atoms with E-state index in [-0.39, 0.29) is 11.8 Å². The molecule has 0 aliphatic carbocycles. The number of hydrogen-bond acceptors (Lipinski definition) is 3. The molecule has 2 amide bonds. The Labute approximate surface area is 119 Å². The van der Waals surface area contributed by atoms with Crippen molar-refractivity contribution >= 4 is 17.5 Å². The van der Waals surface area contributed by atoms with Crippen LogP contribution in [0.25, 0.3) is 0 Å². The van der Waals surface area contributed by atoms with Gasteiger partial charge in [-0.05, 0) is 49.6 Å². The Balaban J connectivity index is 2.01. The van der Waals surface area contributed by atoms with Crippen molar-refractivity contribution in [3.8, 4) is 0 Å². The summed E-state index contributed by atoms with van der Waals surface area (Å²) in [6.45, 7) is 3.56. The molecule has 2 rings (SSSR count). The lowest BCUT2D eigenvalue weighted by atomic mass is 10.1. The van der Waals surface area contributed by atoms with Gasteiger partial charge in [0.2, 0.25) is 5.91 Å². The van der Waals surface area contributed by atoms with Crippen molar-refractivity contribution in [2.45, 2.75) is 26.2 Å². The van der Waals surface area contributed by atoms with Crippen LogP contribution in [0.2, 0.25) is 0 Å². The number of carbonyl (C=O) groups excluding carboxylic acids is 2. The van der Waals surface area contributed by atoms with Gasteiger partial charge in [-0.1, -0.05) is 0 Å². The molecular weight excluding hydrogens is 254 g/mol. The van der Waals surface area contributed by atoms with Crippen molar-refractivity contribution < 1.29 is 9.59 Å². The maximum absolute atomic E-state index is 12.0. The minimum atomic E-state index is -0.0638. The van der Waals surface area contributed by atoms with Gasteiger partial charge in [0.1, 0.15) is 0 Å². The molecule has 0 radical (unpaired) electrons. The smallest absolute Gasteiger partial charge is 0.251 e. The van der Waals surface area contributed by atoms with Crippen LogP contribution in [0.4, 0.5) is 5.69 Å². The number of unbranched alkanes of at least 4 members (excludes halogenated alkanes) is 1. The average molecular weight is 275 g/mol. The van der Waals surface area contributed by atoms with Crippen LogP contribution >= 0.6 is 0 Å². The first kappa shape index (κ1) is 14.5. The predicted octanol–water partition coefficient (Wildman–Crippen LogP) is 1.06. The highest BCUT2D eigenvalue weighted by atomic mass is 16.2. The van der Waals surface area contributed by atoms with Crippen molar-refractivity contribution in [3.63, 3.8) is 0 Å². The monoisotopic (exact) mass is 275 g/mol. The Bertz CT molecular complexity index is 514. The lowest BCUT2D eigenvalue weighted by molar-refractivity contribution is -0.116.